The van der Waals surface area contributed by atoms with E-state index in [2.05, 4.69) is 20.7 Å². The van der Waals surface area contributed by atoms with Crippen molar-refractivity contribution in [2.45, 2.75) is 45.7 Å². The zero-order valence-corrected chi connectivity index (χ0v) is 23.6. The number of ether oxygens (including phenoxy) is 1. The molecule has 0 saturated heterocycles. The van der Waals surface area contributed by atoms with Gasteiger partial charge in [0.25, 0.3) is 17.7 Å². The van der Waals surface area contributed by atoms with Crippen molar-refractivity contribution in [3.05, 3.63) is 76.8 Å². The Hall–Kier alpha value is -5.00. The second kappa shape index (κ2) is 11.9. The maximum absolute atomic E-state index is 13.5. The molecule has 1 unspecified atom stereocenters. The molecule has 0 fully saturated rings. The molecule has 12 nitrogen and oxygen atoms in total. The number of allylic oxidation sites excluding steroid dienone is 1. The highest BCUT2D eigenvalue weighted by Gasteiger charge is 2.24. The number of nitrogens with one attached hydrogen (secondary N) is 2. The largest absolute Gasteiger partial charge is 0.482 e. The Kier molecular flexibility index (Phi) is 8.05. The predicted molar refractivity (Wildman–Crippen MR) is 153 cm³/mol. The molecule has 1 aliphatic carbocycles. The number of carboxylic acids is 1. The maximum Gasteiger partial charge on any atom is 0.335 e. The molecular formula is C30H32N6O6. The lowest BCUT2D eigenvalue weighted by Gasteiger charge is -2.26. The summed E-state index contributed by atoms with van der Waals surface area (Å²) in [5.74, 6) is -1.40. The third kappa shape index (κ3) is 5.87. The van der Waals surface area contributed by atoms with E-state index in [-0.39, 0.29) is 48.0 Å². The number of nitrogens with zero attached hydrogens (tertiary/aromatic N) is 4. The van der Waals surface area contributed by atoms with Gasteiger partial charge in [0.15, 0.2) is 12.3 Å². The van der Waals surface area contributed by atoms with Gasteiger partial charge in [0, 0.05) is 31.8 Å². The van der Waals surface area contributed by atoms with Crippen molar-refractivity contribution in [2.24, 2.45) is 5.92 Å². The van der Waals surface area contributed by atoms with E-state index in [1.165, 1.54) is 21.7 Å². The average molecular weight is 573 g/mol. The quantitative estimate of drug-likeness (QED) is 0.407. The number of hydrogen-bond acceptors (Lipinski definition) is 7. The van der Waals surface area contributed by atoms with Crippen LogP contribution in [0.25, 0.3) is 5.65 Å². The number of carboxylic acid groups (broad SMARTS) is 1. The van der Waals surface area contributed by atoms with Gasteiger partial charge in [0.1, 0.15) is 17.1 Å². The highest BCUT2D eigenvalue weighted by Crippen LogP contribution is 2.32. The maximum atomic E-state index is 13.5. The van der Waals surface area contributed by atoms with E-state index < -0.39 is 17.8 Å². The van der Waals surface area contributed by atoms with Crippen LogP contribution in [0.3, 0.4) is 0 Å². The van der Waals surface area contributed by atoms with Gasteiger partial charge in [0.05, 0.1) is 17.5 Å². The van der Waals surface area contributed by atoms with Crippen LogP contribution in [0.1, 0.15) is 59.7 Å². The van der Waals surface area contributed by atoms with Crippen LogP contribution in [0, 0.1) is 5.92 Å². The summed E-state index contributed by atoms with van der Waals surface area (Å²) in [6.07, 6.45) is 6.68. The van der Waals surface area contributed by atoms with E-state index in [0.29, 0.717) is 36.3 Å². The Morgan fingerprint density at radius 3 is 2.74 bits per heavy atom. The average Bonchev–Trinajstić information content (AvgIpc) is 3.47. The fourth-order valence-corrected chi connectivity index (χ4v) is 5.05. The number of amides is 3. The molecule has 0 bridgehead atoms. The van der Waals surface area contributed by atoms with Crippen LogP contribution in [0.2, 0.25) is 0 Å². The summed E-state index contributed by atoms with van der Waals surface area (Å²) in [6.45, 7) is 3.96. The molecule has 1 aromatic carbocycles. The molecule has 2 aliphatic rings. The third-order valence-electron chi connectivity index (χ3n) is 7.77. The molecule has 5 rings (SSSR count). The van der Waals surface area contributed by atoms with E-state index in [0.717, 1.165) is 11.1 Å². The minimum Gasteiger partial charge on any atom is -0.482 e. The molecule has 12 heteroatoms. The summed E-state index contributed by atoms with van der Waals surface area (Å²) in [5.41, 5.74) is 3.01. The Morgan fingerprint density at radius 1 is 1.14 bits per heavy atom. The number of fused-ring (bicyclic) bond motifs is 2. The van der Waals surface area contributed by atoms with Crippen molar-refractivity contribution in [1.82, 2.24) is 25.2 Å². The van der Waals surface area contributed by atoms with Gasteiger partial charge in [-0.05, 0) is 49.8 Å². The molecule has 3 aromatic rings. The van der Waals surface area contributed by atoms with Crippen molar-refractivity contribution >= 4 is 35.0 Å². The first-order chi connectivity index (χ1) is 20.1. The number of aromatic nitrogens is 3. The molecule has 0 radical (unpaired) electrons. The standard InChI is InChI=1S/C30H32N6O6/c1-17-7-9-20(5-4-6-21(18(17)2)30(40)41)33-29(39)24-14-22(34-26-11-12-32-36(24)26)28(38)31-15-19-8-10-25-23(13-19)35(3)27(37)16-42-25/h4,6,8,10-14,17,20H,5,7,9,15-16H2,1-3H3,(H,31,38)(H,33,39)(H,40,41)/b6-4-,21-18+/t17?,20-/m1/s1. The lowest BCUT2D eigenvalue weighted by molar-refractivity contribution is -0.132. The number of rotatable bonds is 6. The zero-order chi connectivity index (χ0) is 30.0. The van der Waals surface area contributed by atoms with E-state index >= 15 is 0 Å². The number of carbonyl (C=O) groups is 4. The fraction of sp³-hybridized carbons (Fsp3) is 0.333. The van der Waals surface area contributed by atoms with Gasteiger partial charge in [-0.15, -0.1) is 0 Å². The summed E-state index contributed by atoms with van der Waals surface area (Å²) in [6, 6.07) is 8.11. The predicted octanol–water partition coefficient (Wildman–Crippen LogP) is 2.89. The molecule has 3 amide bonds. The second-order valence-electron chi connectivity index (χ2n) is 10.5. The van der Waals surface area contributed by atoms with Crippen LogP contribution < -0.4 is 20.3 Å². The van der Waals surface area contributed by atoms with Gasteiger partial charge in [-0.1, -0.05) is 30.7 Å². The minimum atomic E-state index is -0.968. The summed E-state index contributed by atoms with van der Waals surface area (Å²) >= 11 is 0. The van der Waals surface area contributed by atoms with Gasteiger partial charge in [0.2, 0.25) is 0 Å². The van der Waals surface area contributed by atoms with E-state index in [1.807, 2.05) is 13.8 Å². The van der Waals surface area contributed by atoms with Crippen LogP contribution >= 0.6 is 0 Å². The highest BCUT2D eigenvalue weighted by molar-refractivity contribution is 5.99. The Morgan fingerprint density at radius 2 is 1.95 bits per heavy atom. The van der Waals surface area contributed by atoms with Crippen LogP contribution in [0.15, 0.2) is 59.8 Å². The molecule has 0 saturated carbocycles. The van der Waals surface area contributed by atoms with Crippen LogP contribution in [-0.4, -0.2) is 63.1 Å². The Balaban J connectivity index is 1.31. The Bertz CT molecular complexity index is 1640. The molecule has 3 heterocycles. The van der Waals surface area contributed by atoms with Gasteiger partial charge in [-0.25, -0.2) is 14.3 Å². The lowest BCUT2D eigenvalue weighted by atomic mass is 9.92. The SMILES string of the molecule is C/C1=C(C(=O)O)/C=C\C[C@@H](NC(=O)c2cc(C(=O)NCc3ccc4c(c3)N(C)C(=O)CO4)nc3ccnn23)CCC1C. The molecule has 1 aliphatic heterocycles. The first-order valence-electron chi connectivity index (χ1n) is 13.7. The lowest BCUT2D eigenvalue weighted by Crippen LogP contribution is -2.36. The number of hydrogen-bond donors (Lipinski definition) is 3. The summed E-state index contributed by atoms with van der Waals surface area (Å²) < 4.78 is 6.84. The van der Waals surface area contributed by atoms with E-state index in [1.54, 1.807) is 43.5 Å². The number of anilines is 1. The topological polar surface area (TPSA) is 155 Å². The van der Waals surface area contributed by atoms with Crippen LogP contribution in [0.5, 0.6) is 5.75 Å². The number of likely N-dealkylation sites (N-methyl/N-ethyl adjacent to an activating group) is 1. The molecule has 218 valence electrons. The molecular weight excluding hydrogens is 540 g/mol. The van der Waals surface area contributed by atoms with Gasteiger partial charge < -0.3 is 25.4 Å². The number of aliphatic carboxylic acids is 1. The summed E-state index contributed by atoms with van der Waals surface area (Å²) in [5, 5.41) is 19.6. The summed E-state index contributed by atoms with van der Waals surface area (Å²) in [7, 11) is 1.67. The molecule has 2 atom stereocenters. The van der Waals surface area contributed by atoms with E-state index in [4.69, 9.17) is 4.74 Å². The van der Waals surface area contributed by atoms with Crippen molar-refractivity contribution in [2.75, 3.05) is 18.6 Å². The molecule has 42 heavy (non-hydrogen) atoms. The van der Waals surface area contributed by atoms with Crippen molar-refractivity contribution in [1.29, 1.82) is 0 Å². The van der Waals surface area contributed by atoms with Crippen LogP contribution in [0.4, 0.5) is 5.69 Å². The molecule has 0 spiro atoms. The minimum absolute atomic E-state index is 0.0165. The van der Waals surface area contributed by atoms with Gasteiger partial charge in [-0.3, -0.25) is 14.4 Å². The van der Waals surface area contributed by atoms with E-state index in [9.17, 15) is 24.3 Å². The van der Waals surface area contributed by atoms with Crippen molar-refractivity contribution < 1.29 is 29.0 Å². The van der Waals surface area contributed by atoms with Crippen molar-refractivity contribution in [3.63, 3.8) is 0 Å². The molecule has 3 N–H and O–H groups in total. The Labute approximate surface area is 242 Å². The van der Waals surface area contributed by atoms with Crippen LogP contribution in [-0.2, 0) is 16.1 Å². The van der Waals surface area contributed by atoms with Crippen molar-refractivity contribution in [3.8, 4) is 5.75 Å². The normalized spacial score (nSPS) is 21.4. The fourth-order valence-electron chi connectivity index (χ4n) is 5.05. The monoisotopic (exact) mass is 572 g/mol. The zero-order valence-electron chi connectivity index (χ0n) is 23.6. The van der Waals surface area contributed by atoms with Gasteiger partial charge >= 0.3 is 5.97 Å². The highest BCUT2D eigenvalue weighted by atomic mass is 16.5. The first kappa shape index (κ1) is 28.5. The second-order valence-corrected chi connectivity index (χ2v) is 10.5. The number of benzene rings is 1. The third-order valence-corrected chi connectivity index (χ3v) is 7.77. The first-order valence-corrected chi connectivity index (χ1v) is 13.7. The smallest absolute Gasteiger partial charge is 0.335 e. The summed E-state index contributed by atoms with van der Waals surface area (Å²) in [4.78, 5) is 56.2. The molecule has 2 aromatic heterocycles. The number of carbonyl (C=O) groups excluding carboxylic acids is 3. The van der Waals surface area contributed by atoms with Gasteiger partial charge in [-0.2, -0.15) is 5.10 Å².